The maximum Gasteiger partial charge on any atom is -0.0269 e. The van der Waals surface area contributed by atoms with Gasteiger partial charge in [0.2, 0.25) is 0 Å². The fourth-order valence-electron chi connectivity index (χ4n) is 3.54. The van der Waals surface area contributed by atoms with E-state index in [0.29, 0.717) is 5.41 Å². The van der Waals surface area contributed by atoms with Crippen molar-refractivity contribution in [3.05, 3.63) is 0 Å². The second kappa shape index (κ2) is 4.89. The number of rotatable bonds is 5. The Labute approximate surface area is 96.8 Å². The summed E-state index contributed by atoms with van der Waals surface area (Å²) in [5.41, 5.74) is 0.650. The third kappa shape index (κ3) is 2.24. The summed E-state index contributed by atoms with van der Waals surface area (Å²) in [5.74, 6) is 3.66. The first kappa shape index (κ1) is 13.1. The van der Waals surface area contributed by atoms with Crippen LogP contribution >= 0.6 is 0 Å². The van der Waals surface area contributed by atoms with Gasteiger partial charge in [0.05, 0.1) is 0 Å². The zero-order valence-corrected chi connectivity index (χ0v) is 11.6. The molecule has 1 aliphatic carbocycles. The van der Waals surface area contributed by atoms with Gasteiger partial charge in [-0.1, -0.05) is 54.4 Å². The Morgan fingerprint density at radius 2 is 1.80 bits per heavy atom. The van der Waals surface area contributed by atoms with Gasteiger partial charge < -0.3 is 0 Å². The first-order valence-corrected chi connectivity index (χ1v) is 6.97. The molecule has 0 aromatic carbocycles. The molecule has 0 saturated heterocycles. The molecule has 0 heterocycles. The molecule has 0 radical (unpaired) electrons. The fraction of sp³-hybridized carbons (Fsp3) is 1.00. The molecule has 0 amide bonds. The average molecular weight is 210 g/mol. The van der Waals surface area contributed by atoms with Crippen molar-refractivity contribution in [2.75, 3.05) is 0 Å². The van der Waals surface area contributed by atoms with E-state index in [1.807, 2.05) is 0 Å². The monoisotopic (exact) mass is 210 g/mol. The van der Waals surface area contributed by atoms with Gasteiger partial charge in [0.1, 0.15) is 0 Å². The van der Waals surface area contributed by atoms with Gasteiger partial charge in [0.15, 0.2) is 0 Å². The molecule has 0 spiro atoms. The third-order valence-corrected chi connectivity index (χ3v) is 5.83. The summed E-state index contributed by atoms with van der Waals surface area (Å²) >= 11 is 0. The Hall–Kier alpha value is 0. The van der Waals surface area contributed by atoms with Crippen molar-refractivity contribution in [2.45, 2.75) is 67.2 Å². The average Bonchev–Trinajstić information content (AvgIpc) is 2.24. The maximum atomic E-state index is 2.54. The zero-order chi connectivity index (χ0) is 11.6. The summed E-state index contributed by atoms with van der Waals surface area (Å²) in [7, 11) is 0. The van der Waals surface area contributed by atoms with Crippen LogP contribution in [0.4, 0.5) is 0 Å². The van der Waals surface area contributed by atoms with Crippen molar-refractivity contribution >= 4 is 0 Å². The van der Waals surface area contributed by atoms with Gasteiger partial charge in [-0.15, -0.1) is 0 Å². The minimum absolute atomic E-state index is 0.650. The summed E-state index contributed by atoms with van der Waals surface area (Å²) in [6.45, 7) is 14.6. The van der Waals surface area contributed by atoms with Crippen LogP contribution in [0.15, 0.2) is 0 Å². The molecule has 0 aromatic heterocycles. The van der Waals surface area contributed by atoms with E-state index in [1.165, 1.54) is 25.7 Å². The van der Waals surface area contributed by atoms with Gasteiger partial charge in [-0.3, -0.25) is 0 Å². The van der Waals surface area contributed by atoms with Crippen molar-refractivity contribution in [1.82, 2.24) is 0 Å². The molecule has 1 fully saturated rings. The lowest BCUT2D eigenvalue weighted by atomic mass is 9.51. The fourth-order valence-corrected chi connectivity index (χ4v) is 3.54. The summed E-state index contributed by atoms with van der Waals surface area (Å²) in [4.78, 5) is 0. The van der Waals surface area contributed by atoms with Crippen LogP contribution < -0.4 is 0 Å². The van der Waals surface area contributed by atoms with E-state index in [2.05, 4.69) is 41.5 Å². The van der Waals surface area contributed by atoms with Gasteiger partial charge in [-0.25, -0.2) is 0 Å². The smallest absolute Gasteiger partial charge is 0.0269 e. The molecule has 1 saturated carbocycles. The highest BCUT2D eigenvalue weighted by Crippen LogP contribution is 2.55. The Morgan fingerprint density at radius 3 is 2.13 bits per heavy atom. The lowest BCUT2D eigenvalue weighted by molar-refractivity contribution is -0.0411. The van der Waals surface area contributed by atoms with Crippen molar-refractivity contribution in [3.8, 4) is 0 Å². The molecule has 5 unspecified atom stereocenters. The van der Waals surface area contributed by atoms with E-state index in [-0.39, 0.29) is 0 Å². The van der Waals surface area contributed by atoms with Crippen molar-refractivity contribution < 1.29 is 0 Å². The molecule has 0 nitrogen and oxygen atoms in total. The zero-order valence-electron chi connectivity index (χ0n) is 11.6. The van der Waals surface area contributed by atoms with Crippen molar-refractivity contribution in [3.63, 3.8) is 0 Å². The molecule has 0 bridgehead atoms. The van der Waals surface area contributed by atoms with Crippen LogP contribution in [0, 0.1) is 29.1 Å². The van der Waals surface area contributed by atoms with Gasteiger partial charge >= 0.3 is 0 Å². The second-order valence-electron chi connectivity index (χ2n) is 6.18. The van der Waals surface area contributed by atoms with E-state index in [4.69, 9.17) is 0 Å². The van der Waals surface area contributed by atoms with Crippen LogP contribution in [-0.2, 0) is 0 Å². The second-order valence-corrected chi connectivity index (χ2v) is 6.18. The van der Waals surface area contributed by atoms with Crippen LogP contribution in [0.1, 0.15) is 67.2 Å². The SMILES string of the molecule is CCC(C)C(C)C(C)C1(C)CCC1CC. The van der Waals surface area contributed by atoms with E-state index in [0.717, 1.165) is 23.7 Å². The molecule has 0 N–H and O–H groups in total. The minimum Gasteiger partial charge on any atom is -0.0651 e. The van der Waals surface area contributed by atoms with Gasteiger partial charge in [0.25, 0.3) is 0 Å². The van der Waals surface area contributed by atoms with Crippen LogP contribution in [0.3, 0.4) is 0 Å². The largest absolute Gasteiger partial charge is 0.0651 e. The third-order valence-electron chi connectivity index (χ3n) is 5.83. The Balaban J connectivity index is 2.63. The molecule has 1 aliphatic rings. The first-order chi connectivity index (χ1) is 6.97. The molecule has 0 aliphatic heterocycles. The Kier molecular flexibility index (Phi) is 4.26. The lowest BCUT2D eigenvalue weighted by Gasteiger charge is -2.54. The van der Waals surface area contributed by atoms with Crippen LogP contribution in [0.25, 0.3) is 0 Å². The van der Waals surface area contributed by atoms with Crippen molar-refractivity contribution in [2.24, 2.45) is 29.1 Å². The van der Waals surface area contributed by atoms with Crippen LogP contribution in [0.5, 0.6) is 0 Å². The first-order valence-electron chi connectivity index (χ1n) is 6.97. The summed E-state index contributed by atoms with van der Waals surface area (Å²) in [6, 6.07) is 0. The molecular formula is C15H30. The molecule has 15 heavy (non-hydrogen) atoms. The number of hydrogen-bond acceptors (Lipinski definition) is 0. The predicted molar refractivity (Wildman–Crippen MR) is 68.9 cm³/mol. The van der Waals surface area contributed by atoms with Crippen LogP contribution in [-0.4, -0.2) is 0 Å². The summed E-state index contributed by atoms with van der Waals surface area (Å²) in [5, 5.41) is 0. The molecule has 0 aromatic rings. The topological polar surface area (TPSA) is 0 Å². The van der Waals surface area contributed by atoms with Gasteiger partial charge in [-0.2, -0.15) is 0 Å². The Morgan fingerprint density at radius 1 is 1.20 bits per heavy atom. The molecule has 90 valence electrons. The molecule has 0 heteroatoms. The maximum absolute atomic E-state index is 2.54. The highest BCUT2D eigenvalue weighted by atomic mass is 14.5. The van der Waals surface area contributed by atoms with Gasteiger partial charge in [-0.05, 0) is 41.9 Å². The standard InChI is InChI=1S/C15H30/c1-7-11(3)12(4)13(5)15(6)10-9-14(15)8-2/h11-14H,7-10H2,1-6H3. The predicted octanol–water partition coefficient (Wildman–Crippen LogP) is 5.13. The molecule has 1 rings (SSSR count). The normalized spacial score (nSPS) is 36.8. The van der Waals surface area contributed by atoms with E-state index in [9.17, 15) is 0 Å². The Bertz CT molecular complexity index is 194. The van der Waals surface area contributed by atoms with E-state index >= 15 is 0 Å². The van der Waals surface area contributed by atoms with Gasteiger partial charge in [0, 0.05) is 0 Å². The highest BCUT2D eigenvalue weighted by molar-refractivity contribution is 4.96. The minimum atomic E-state index is 0.650. The summed E-state index contributed by atoms with van der Waals surface area (Å²) < 4.78 is 0. The van der Waals surface area contributed by atoms with E-state index < -0.39 is 0 Å². The van der Waals surface area contributed by atoms with Crippen molar-refractivity contribution in [1.29, 1.82) is 0 Å². The lowest BCUT2D eigenvalue weighted by Crippen LogP contribution is -2.45. The highest BCUT2D eigenvalue weighted by Gasteiger charge is 2.47. The molecule has 5 atom stereocenters. The van der Waals surface area contributed by atoms with Crippen LogP contribution in [0.2, 0.25) is 0 Å². The van der Waals surface area contributed by atoms with E-state index in [1.54, 1.807) is 0 Å². The number of hydrogen-bond donors (Lipinski definition) is 0. The molecular weight excluding hydrogens is 180 g/mol. The summed E-state index contributed by atoms with van der Waals surface area (Å²) in [6.07, 6.45) is 5.66. The quantitative estimate of drug-likeness (QED) is 0.590.